The van der Waals surface area contributed by atoms with E-state index < -0.39 is 5.97 Å². The Hall–Kier alpha value is -0.610. The fraction of sp³-hybridized carbons (Fsp3) is 0.923. The molecule has 17 heavy (non-hydrogen) atoms. The number of carbonyl (C=O) groups is 1. The lowest BCUT2D eigenvalue weighted by Crippen LogP contribution is -2.42. The second-order valence-corrected chi connectivity index (χ2v) is 5.57. The van der Waals surface area contributed by atoms with E-state index in [1.165, 1.54) is 0 Å². The van der Waals surface area contributed by atoms with Gasteiger partial charge in [0, 0.05) is 31.6 Å². The zero-order chi connectivity index (χ0) is 12.8. The van der Waals surface area contributed by atoms with Crippen LogP contribution in [0.1, 0.15) is 40.0 Å². The van der Waals surface area contributed by atoms with Gasteiger partial charge >= 0.3 is 5.97 Å². The first-order chi connectivity index (χ1) is 7.99. The van der Waals surface area contributed by atoms with Crippen molar-refractivity contribution >= 4 is 5.97 Å². The highest BCUT2D eigenvalue weighted by Gasteiger charge is 2.24. The molecule has 4 nitrogen and oxygen atoms in total. The van der Waals surface area contributed by atoms with E-state index in [1.807, 2.05) is 0 Å². The summed E-state index contributed by atoms with van der Waals surface area (Å²) in [5, 5.41) is 12.3. The van der Waals surface area contributed by atoms with Crippen LogP contribution >= 0.6 is 0 Å². The van der Waals surface area contributed by atoms with Gasteiger partial charge in [0.25, 0.3) is 0 Å². The number of rotatable bonds is 5. The molecule has 0 radical (unpaired) electrons. The zero-order valence-electron chi connectivity index (χ0n) is 11.3. The first-order valence-electron chi connectivity index (χ1n) is 6.68. The quantitative estimate of drug-likeness (QED) is 0.768. The highest BCUT2D eigenvalue weighted by atomic mass is 16.4. The maximum Gasteiger partial charge on any atom is 0.303 e. The molecule has 4 heteroatoms. The minimum Gasteiger partial charge on any atom is -0.481 e. The molecule has 0 aromatic heterocycles. The Labute approximate surface area is 104 Å². The van der Waals surface area contributed by atoms with E-state index in [0.29, 0.717) is 18.0 Å². The second-order valence-electron chi connectivity index (χ2n) is 5.57. The molecule has 0 saturated carbocycles. The summed E-state index contributed by atoms with van der Waals surface area (Å²) < 4.78 is 0. The average Bonchev–Trinajstić information content (AvgIpc) is 2.39. The summed E-state index contributed by atoms with van der Waals surface area (Å²) in [6.07, 6.45) is 2.17. The largest absolute Gasteiger partial charge is 0.481 e. The first kappa shape index (κ1) is 14.5. The summed E-state index contributed by atoms with van der Waals surface area (Å²) in [7, 11) is 0. The summed E-state index contributed by atoms with van der Waals surface area (Å²) in [6.45, 7) is 9.70. The molecule has 1 aliphatic heterocycles. The fourth-order valence-corrected chi connectivity index (χ4v) is 2.39. The van der Waals surface area contributed by atoms with E-state index in [2.05, 4.69) is 31.0 Å². The van der Waals surface area contributed by atoms with Gasteiger partial charge in [-0.15, -0.1) is 0 Å². The summed E-state index contributed by atoms with van der Waals surface area (Å²) in [5.41, 5.74) is 0. The number of hydrogen-bond acceptors (Lipinski definition) is 3. The highest BCUT2D eigenvalue weighted by molar-refractivity contribution is 5.66. The fourth-order valence-electron chi connectivity index (χ4n) is 2.39. The van der Waals surface area contributed by atoms with Crippen LogP contribution in [-0.4, -0.2) is 47.7 Å². The SMILES string of the molecule is CC(C)CN1CCC(C)NCC1CCC(=O)O. The van der Waals surface area contributed by atoms with Crippen LogP contribution in [0.5, 0.6) is 0 Å². The van der Waals surface area contributed by atoms with Crippen LogP contribution in [-0.2, 0) is 4.79 Å². The van der Waals surface area contributed by atoms with E-state index in [-0.39, 0.29) is 6.42 Å². The third kappa shape index (κ3) is 5.50. The summed E-state index contributed by atoms with van der Waals surface area (Å²) in [5.74, 6) is -0.0532. The number of hydrogen-bond donors (Lipinski definition) is 2. The summed E-state index contributed by atoms with van der Waals surface area (Å²) in [6, 6.07) is 0.915. The van der Waals surface area contributed by atoms with Crippen LogP contribution in [0.25, 0.3) is 0 Å². The topological polar surface area (TPSA) is 52.6 Å². The Kier molecular flexibility index (Phi) is 5.92. The van der Waals surface area contributed by atoms with Gasteiger partial charge in [0.15, 0.2) is 0 Å². The molecule has 0 amide bonds. The van der Waals surface area contributed by atoms with Gasteiger partial charge < -0.3 is 10.4 Å². The van der Waals surface area contributed by atoms with Crippen LogP contribution in [0.4, 0.5) is 0 Å². The van der Waals surface area contributed by atoms with Gasteiger partial charge in [-0.1, -0.05) is 13.8 Å². The minimum atomic E-state index is -0.688. The molecule has 2 atom stereocenters. The number of carboxylic acid groups (broad SMARTS) is 1. The maximum absolute atomic E-state index is 10.7. The average molecular weight is 242 g/mol. The molecule has 1 aliphatic rings. The van der Waals surface area contributed by atoms with E-state index in [1.54, 1.807) is 0 Å². The van der Waals surface area contributed by atoms with Crippen molar-refractivity contribution in [3.05, 3.63) is 0 Å². The van der Waals surface area contributed by atoms with Crippen molar-refractivity contribution in [3.8, 4) is 0 Å². The third-order valence-electron chi connectivity index (χ3n) is 3.36. The van der Waals surface area contributed by atoms with Gasteiger partial charge in [-0.2, -0.15) is 0 Å². The molecular weight excluding hydrogens is 216 g/mol. The van der Waals surface area contributed by atoms with Gasteiger partial charge in [-0.25, -0.2) is 0 Å². The summed E-state index contributed by atoms with van der Waals surface area (Å²) >= 11 is 0. The molecule has 1 saturated heterocycles. The number of nitrogens with one attached hydrogen (secondary N) is 1. The standard InChI is InChI=1S/C13H26N2O2/c1-10(2)9-15-7-6-11(3)14-8-12(15)4-5-13(16)17/h10-12,14H,4-9H2,1-3H3,(H,16,17). The molecule has 0 aromatic carbocycles. The third-order valence-corrected chi connectivity index (χ3v) is 3.36. The molecule has 1 rings (SSSR count). The lowest BCUT2D eigenvalue weighted by atomic mass is 10.1. The van der Waals surface area contributed by atoms with Gasteiger partial charge in [0.2, 0.25) is 0 Å². The van der Waals surface area contributed by atoms with Gasteiger partial charge in [0.05, 0.1) is 0 Å². The Bertz CT molecular complexity index is 244. The van der Waals surface area contributed by atoms with Crippen molar-refractivity contribution in [1.82, 2.24) is 10.2 Å². The van der Waals surface area contributed by atoms with Crippen LogP contribution < -0.4 is 5.32 Å². The Morgan fingerprint density at radius 1 is 1.53 bits per heavy atom. The lowest BCUT2D eigenvalue weighted by Gasteiger charge is -2.30. The normalized spacial score (nSPS) is 27.1. The molecule has 0 spiro atoms. The van der Waals surface area contributed by atoms with E-state index in [4.69, 9.17) is 5.11 Å². The zero-order valence-corrected chi connectivity index (χ0v) is 11.3. The van der Waals surface area contributed by atoms with E-state index >= 15 is 0 Å². The van der Waals surface area contributed by atoms with Crippen LogP contribution in [0.3, 0.4) is 0 Å². The lowest BCUT2D eigenvalue weighted by molar-refractivity contribution is -0.137. The smallest absolute Gasteiger partial charge is 0.303 e. The van der Waals surface area contributed by atoms with Gasteiger partial charge in [-0.05, 0) is 32.2 Å². The maximum atomic E-state index is 10.7. The summed E-state index contributed by atoms with van der Waals surface area (Å²) in [4.78, 5) is 13.1. The van der Waals surface area contributed by atoms with E-state index in [9.17, 15) is 4.79 Å². The highest BCUT2D eigenvalue weighted by Crippen LogP contribution is 2.14. The monoisotopic (exact) mass is 242 g/mol. The van der Waals surface area contributed by atoms with Crippen molar-refractivity contribution in [2.75, 3.05) is 19.6 Å². The molecular formula is C13H26N2O2. The Morgan fingerprint density at radius 2 is 2.24 bits per heavy atom. The van der Waals surface area contributed by atoms with Crippen molar-refractivity contribution in [1.29, 1.82) is 0 Å². The van der Waals surface area contributed by atoms with Crippen molar-refractivity contribution < 1.29 is 9.90 Å². The first-order valence-corrected chi connectivity index (χ1v) is 6.68. The predicted octanol–water partition coefficient (Wildman–Crippen LogP) is 1.56. The second kappa shape index (κ2) is 6.97. The van der Waals surface area contributed by atoms with Crippen LogP contribution in [0.15, 0.2) is 0 Å². The molecule has 2 unspecified atom stereocenters. The van der Waals surface area contributed by atoms with E-state index in [0.717, 1.165) is 32.5 Å². The number of nitrogens with zero attached hydrogens (tertiary/aromatic N) is 1. The van der Waals surface area contributed by atoms with Gasteiger partial charge in [-0.3, -0.25) is 9.69 Å². The van der Waals surface area contributed by atoms with Crippen molar-refractivity contribution in [2.24, 2.45) is 5.92 Å². The minimum absolute atomic E-state index is 0.273. The Morgan fingerprint density at radius 3 is 2.82 bits per heavy atom. The van der Waals surface area contributed by atoms with Crippen LogP contribution in [0.2, 0.25) is 0 Å². The predicted molar refractivity (Wildman–Crippen MR) is 69.2 cm³/mol. The molecule has 0 aliphatic carbocycles. The molecule has 1 fully saturated rings. The number of carboxylic acids is 1. The van der Waals surface area contributed by atoms with Crippen LogP contribution in [0, 0.1) is 5.92 Å². The number of aliphatic carboxylic acids is 1. The molecule has 2 N–H and O–H groups in total. The molecule has 0 bridgehead atoms. The molecule has 1 heterocycles. The molecule has 100 valence electrons. The van der Waals surface area contributed by atoms with Crippen molar-refractivity contribution in [3.63, 3.8) is 0 Å². The van der Waals surface area contributed by atoms with Crippen molar-refractivity contribution in [2.45, 2.75) is 52.1 Å². The Balaban J connectivity index is 2.54. The van der Waals surface area contributed by atoms with Gasteiger partial charge in [0.1, 0.15) is 0 Å². The molecule has 0 aromatic rings.